The summed E-state index contributed by atoms with van der Waals surface area (Å²) >= 11 is 6.29. The van der Waals surface area contributed by atoms with Crippen molar-refractivity contribution in [1.82, 2.24) is 0 Å². The summed E-state index contributed by atoms with van der Waals surface area (Å²) in [4.78, 5) is 24.1. The zero-order chi connectivity index (χ0) is 25.0. The van der Waals surface area contributed by atoms with Gasteiger partial charge in [-0.2, -0.15) is 0 Å². The number of carbonyl (C=O) groups is 2. The highest BCUT2D eigenvalue weighted by Crippen LogP contribution is 2.27. The number of amides is 1. The van der Waals surface area contributed by atoms with E-state index in [2.05, 4.69) is 17.6 Å². The van der Waals surface area contributed by atoms with Crippen molar-refractivity contribution >= 4 is 34.9 Å². The fourth-order valence-corrected chi connectivity index (χ4v) is 3.73. The average Bonchev–Trinajstić information content (AvgIpc) is 2.80. The Morgan fingerprint density at radius 3 is 2.00 bits per heavy atom. The minimum atomic E-state index is -0.508. The quantitative estimate of drug-likeness (QED) is 0.0886. The molecule has 0 saturated heterocycles. The second-order valence-corrected chi connectivity index (χ2v) is 8.75. The van der Waals surface area contributed by atoms with Crippen molar-refractivity contribution in [3.8, 4) is 0 Å². The predicted molar refractivity (Wildman–Crippen MR) is 141 cm³/mol. The average molecular weight is 495 g/mol. The maximum atomic E-state index is 12.3. The number of benzene rings is 1. The van der Waals surface area contributed by atoms with Gasteiger partial charge in [0.15, 0.2) is 5.88 Å². The van der Waals surface area contributed by atoms with Crippen molar-refractivity contribution in [1.29, 1.82) is 0 Å². The van der Waals surface area contributed by atoms with Crippen LogP contribution in [0.1, 0.15) is 97.8 Å². The van der Waals surface area contributed by atoms with Gasteiger partial charge in [-0.25, -0.2) is 4.79 Å². The molecule has 192 valence electrons. The Bertz CT molecular complexity index is 752. The van der Waals surface area contributed by atoms with E-state index in [0.29, 0.717) is 29.4 Å². The Kier molecular flexibility index (Phi) is 16.8. The molecule has 0 aliphatic rings. The molecule has 0 aliphatic carbocycles. The van der Waals surface area contributed by atoms with Crippen molar-refractivity contribution in [2.75, 3.05) is 23.8 Å². The fourth-order valence-electron chi connectivity index (χ4n) is 3.57. The van der Waals surface area contributed by atoms with Crippen molar-refractivity contribution in [3.63, 3.8) is 0 Å². The summed E-state index contributed by atoms with van der Waals surface area (Å²) in [6, 6.07) is 5.16. The van der Waals surface area contributed by atoms with E-state index in [1.807, 2.05) is 6.92 Å². The Hall–Kier alpha value is -2.21. The smallest absolute Gasteiger partial charge is 0.336 e. The summed E-state index contributed by atoms with van der Waals surface area (Å²) in [5, 5.41) is 6.36. The topological polar surface area (TPSA) is 76.7 Å². The van der Waals surface area contributed by atoms with E-state index in [1.165, 1.54) is 63.9 Å². The van der Waals surface area contributed by atoms with Crippen LogP contribution in [0.5, 0.6) is 0 Å². The molecule has 34 heavy (non-hydrogen) atoms. The molecule has 0 aromatic heterocycles. The number of unbranched alkanes of at least 4 members (excludes halogenated alkanes) is 10. The third kappa shape index (κ3) is 14.1. The molecule has 2 N–H and O–H groups in total. The van der Waals surface area contributed by atoms with Gasteiger partial charge in [-0.05, 0) is 38.5 Å². The van der Waals surface area contributed by atoms with Crippen LogP contribution in [-0.2, 0) is 19.1 Å². The van der Waals surface area contributed by atoms with Crippen LogP contribution in [0.3, 0.4) is 0 Å². The summed E-state index contributed by atoms with van der Waals surface area (Å²) in [6.07, 6.45) is 15.5. The molecule has 0 fully saturated rings. The molecular weight excluding hydrogens is 452 g/mol. The molecule has 0 radical (unpaired) electrons. The molecule has 0 heterocycles. The zero-order valence-corrected chi connectivity index (χ0v) is 22.0. The summed E-state index contributed by atoms with van der Waals surface area (Å²) in [7, 11) is 0. The first kappa shape index (κ1) is 29.8. The zero-order valence-electron chi connectivity index (χ0n) is 21.2. The molecular formula is C27H43ClN2O4. The van der Waals surface area contributed by atoms with E-state index in [0.717, 1.165) is 12.8 Å². The van der Waals surface area contributed by atoms with E-state index in [4.69, 9.17) is 21.1 Å². The highest BCUT2D eigenvalue weighted by atomic mass is 35.5. The van der Waals surface area contributed by atoms with Crippen LogP contribution in [0.2, 0.25) is 5.02 Å². The number of hydrogen-bond acceptors (Lipinski definition) is 5. The fraction of sp³-hybridized carbons (Fsp3) is 0.630. The molecule has 1 aromatic carbocycles. The first-order valence-corrected chi connectivity index (χ1v) is 13.3. The SMILES string of the molecule is CCCCCCCCCCCCCC(=O)Nc1ccc(Cl)c(N/C(=C/C(=O)OCC)OCC)c1. The Morgan fingerprint density at radius 1 is 0.824 bits per heavy atom. The second-order valence-electron chi connectivity index (χ2n) is 8.35. The standard InChI is InChI=1S/C27H43ClN2O4/c1-4-7-8-9-10-11-12-13-14-15-16-17-25(31)29-22-18-19-23(28)24(20-22)30-26(33-5-2)21-27(32)34-6-3/h18-21,30H,4-17H2,1-3H3,(H,29,31)/b26-21-. The van der Waals surface area contributed by atoms with Crippen LogP contribution in [-0.4, -0.2) is 25.1 Å². The first-order valence-electron chi connectivity index (χ1n) is 12.9. The van der Waals surface area contributed by atoms with Gasteiger partial charge in [0.1, 0.15) is 0 Å². The van der Waals surface area contributed by atoms with Gasteiger partial charge in [0.05, 0.1) is 30.0 Å². The first-order chi connectivity index (χ1) is 16.5. The van der Waals surface area contributed by atoms with Crippen LogP contribution >= 0.6 is 11.6 Å². The summed E-state index contributed by atoms with van der Waals surface area (Å²) in [6.45, 7) is 6.44. The number of carbonyl (C=O) groups excluding carboxylic acids is 2. The number of halogens is 1. The lowest BCUT2D eigenvalue weighted by Crippen LogP contribution is -2.12. The number of nitrogens with one attached hydrogen (secondary N) is 2. The van der Waals surface area contributed by atoms with E-state index < -0.39 is 5.97 Å². The number of rotatable bonds is 19. The molecule has 0 aliphatic heterocycles. The third-order valence-corrected chi connectivity index (χ3v) is 5.68. The van der Waals surface area contributed by atoms with Gasteiger partial charge in [-0.15, -0.1) is 0 Å². The molecule has 0 saturated carbocycles. The van der Waals surface area contributed by atoms with Gasteiger partial charge in [0.2, 0.25) is 5.91 Å². The van der Waals surface area contributed by atoms with Crippen molar-refractivity contribution < 1.29 is 19.1 Å². The van der Waals surface area contributed by atoms with E-state index in [9.17, 15) is 9.59 Å². The van der Waals surface area contributed by atoms with E-state index in [-0.39, 0.29) is 18.4 Å². The normalized spacial score (nSPS) is 11.2. The van der Waals surface area contributed by atoms with Crippen LogP contribution in [0.25, 0.3) is 0 Å². The van der Waals surface area contributed by atoms with E-state index >= 15 is 0 Å². The predicted octanol–water partition coefficient (Wildman–Crippen LogP) is 7.83. The molecule has 0 bridgehead atoms. The van der Waals surface area contributed by atoms with E-state index in [1.54, 1.807) is 25.1 Å². The lowest BCUT2D eigenvalue weighted by Gasteiger charge is -2.14. The number of anilines is 2. The molecule has 1 aromatic rings. The van der Waals surface area contributed by atoms with Gasteiger partial charge >= 0.3 is 5.97 Å². The highest BCUT2D eigenvalue weighted by Gasteiger charge is 2.10. The molecule has 6 nitrogen and oxygen atoms in total. The molecule has 0 spiro atoms. The second kappa shape index (κ2) is 19.1. The lowest BCUT2D eigenvalue weighted by atomic mass is 10.1. The van der Waals surface area contributed by atoms with Gasteiger partial charge in [0, 0.05) is 12.1 Å². The van der Waals surface area contributed by atoms with Gasteiger partial charge in [-0.3, -0.25) is 4.79 Å². The summed E-state index contributed by atoms with van der Waals surface area (Å²) in [5.41, 5.74) is 1.16. The Labute approximate surface area is 210 Å². The molecule has 1 amide bonds. The van der Waals surface area contributed by atoms with Crippen LogP contribution in [0, 0.1) is 0 Å². The number of hydrogen-bond donors (Lipinski definition) is 2. The number of esters is 1. The van der Waals surface area contributed by atoms with Crippen LogP contribution in [0.4, 0.5) is 11.4 Å². The lowest BCUT2D eigenvalue weighted by molar-refractivity contribution is -0.137. The highest BCUT2D eigenvalue weighted by molar-refractivity contribution is 6.33. The molecule has 0 atom stereocenters. The van der Waals surface area contributed by atoms with Crippen molar-refractivity contribution in [3.05, 3.63) is 35.2 Å². The maximum absolute atomic E-state index is 12.3. The molecule has 0 unspecified atom stereocenters. The molecule has 7 heteroatoms. The minimum absolute atomic E-state index is 0.0173. The third-order valence-electron chi connectivity index (χ3n) is 5.35. The molecule has 1 rings (SSSR count). The van der Waals surface area contributed by atoms with Crippen LogP contribution in [0.15, 0.2) is 30.2 Å². The van der Waals surface area contributed by atoms with Crippen molar-refractivity contribution in [2.45, 2.75) is 97.8 Å². The Balaban J connectivity index is 2.39. The minimum Gasteiger partial charge on any atom is -0.479 e. The summed E-state index contributed by atoms with van der Waals surface area (Å²) < 4.78 is 10.4. The monoisotopic (exact) mass is 494 g/mol. The van der Waals surface area contributed by atoms with Gasteiger partial charge in [0.25, 0.3) is 0 Å². The van der Waals surface area contributed by atoms with Gasteiger partial charge < -0.3 is 20.1 Å². The number of ether oxygens (including phenoxy) is 2. The maximum Gasteiger partial charge on any atom is 0.336 e. The Morgan fingerprint density at radius 2 is 1.41 bits per heavy atom. The summed E-state index contributed by atoms with van der Waals surface area (Å²) in [5.74, 6) is -0.297. The van der Waals surface area contributed by atoms with Crippen molar-refractivity contribution in [2.24, 2.45) is 0 Å². The van der Waals surface area contributed by atoms with Gasteiger partial charge in [-0.1, -0.05) is 82.7 Å². The van der Waals surface area contributed by atoms with Crippen LogP contribution < -0.4 is 10.6 Å². The largest absolute Gasteiger partial charge is 0.479 e.